The molecule has 2 bridgehead atoms. The summed E-state index contributed by atoms with van der Waals surface area (Å²) in [5.41, 5.74) is 0. The second-order valence-electron chi connectivity index (χ2n) is 5.48. The van der Waals surface area contributed by atoms with Crippen molar-refractivity contribution < 1.29 is 4.74 Å². The van der Waals surface area contributed by atoms with E-state index in [1.165, 1.54) is 30.7 Å². The quantitative estimate of drug-likeness (QED) is 0.803. The Balaban J connectivity index is 1.53. The molecule has 4 nitrogen and oxygen atoms in total. The van der Waals surface area contributed by atoms with E-state index in [0.717, 1.165) is 36.5 Å². The van der Waals surface area contributed by atoms with Crippen molar-refractivity contribution in [3.8, 4) is 0 Å². The highest BCUT2D eigenvalue weighted by Crippen LogP contribution is 2.53. The Bertz CT molecular complexity index is 395. The molecule has 0 radical (unpaired) electrons. The van der Waals surface area contributed by atoms with E-state index in [-0.39, 0.29) is 0 Å². The van der Waals surface area contributed by atoms with Gasteiger partial charge in [-0.25, -0.2) is 0 Å². The number of ether oxygens (including phenoxy) is 1. The molecular weight excluding hydrogens is 246 g/mol. The van der Waals surface area contributed by atoms with Crippen LogP contribution in [0.5, 0.6) is 0 Å². The largest absolute Gasteiger partial charge is 0.383 e. The van der Waals surface area contributed by atoms with Crippen molar-refractivity contribution in [1.82, 2.24) is 15.5 Å². The molecule has 0 saturated heterocycles. The molecule has 0 aromatic carbocycles. The molecule has 2 fully saturated rings. The molecule has 3 unspecified atom stereocenters. The summed E-state index contributed by atoms with van der Waals surface area (Å²) in [6.07, 6.45) is 5.66. The lowest BCUT2D eigenvalue weighted by molar-refractivity contribution is 0.199. The molecule has 100 valence electrons. The molecule has 1 aromatic rings. The number of rotatable bonds is 6. The summed E-state index contributed by atoms with van der Waals surface area (Å²) in [7, 11) is 1.72. The number of aromatic nitrogens is 2. The Kier molecular flexibility index (Phi) is 3.91. The van der Waals surface area contributed by atoms with Crippen LogP contribution < -0.4 is 5.32 Å². The van der Waals surface area contributed by atoms with Gasteiger partial charge >= 0.3 is 0 Å². The van der Waals surface area contributed by atoms with Gasteiger partial charge in [-0.2, -0.15) is 0 Å². The average molecular weight is 267 g/mol. The molecule has 3 atom stereocenters. The molecule has 18 heavy (non-hydrogen) atoms. The van der Waals surface area contributed by atoms with Crippen LogP contribution in [-0.4, -0.2) is 30.5 Å². The zero-order chi connectivity index (χ0) is 12.4. The number of nitrogens with zero attached hydrogens (tertiary/aromatic N) is 2. The third kappa shape index (κ3) is 2.58. The van der Waals surface area contributed by atoms with Crippen LogP contribution in [0, 0.1) is 11.8 Å². The Morgan fingerprint density at radius 1 is 1.33 bits per heavy atom. The fourth-order valence-electron chi connectivity index (χ4n) is 3.40. The summed E-state index contributed by atoms with van der Waals surface area (Å²) < 4.78 is 5.00. The topological polar surface area (TPSA) is 47.0 Å². The fourth-order valence-corrected chi connectivity index (χ4v) is 4.42. The van der Waals surface area contributed by atoms with Crippen molar-refractivity contribution in [2.75, 3.05) is 20.3 Å². The highest BCUT2D eigenvalue weighted by molar-refractivity contribution is 7.11. The van der Waals surface area contributed by atoms with E-state index >= 15 is 0 Å². The van der Waals surface area contributed by atoms with Crippen LogP contribution in [-0.2, 0) is 11.3 Å². The molecular formula is C13H21N3OS. The van der Waals surface area contributed by atoms with Gasteiger partial charge < -0.3 is 10.1 Å². The molecule has 0 aliphatic heterocycles. The zero-order valence-electron chi connectivity index (χ0n) is 10.9. The van der Waals surface area contributed by atoms with Crippen LogP contribution in [0.1, 0.15) is 41.6 Å². The lowest BCUT2D eigenvalue weighted by Crippen LogP contribution is -2.18. The predicted octanol–water partition coefficient (Wildman–Crippen LogP) is 2.18. The van der Waals surface area contributed by atoms with E-state index in [2.05, 4.69) is 15.5 Å². The molecule has 0 amide bonds. The van der Waals surface area contributed by atoms with E-state index in [4.69, 9.17) is 4.74 Å². The van der Waals surface area contributed by atoms with Crippen molar-refractivity contribution in [2.45, 2.75) is 38.1 Å². The second-order valence-corrected chi connectivity index (χ2v) is 6.58. The van der Waals surface area contributed by atoms with Crippen LogP contribution in [0.2, 0.25) is 0 Å². The van der Waals surface area contributed by atoms with E-state index < -0.39 is 0 Å². The number of fused-ring (bicyclic) bond motifs is 2. The maximum Gasteiger partial charge on any atom is 0.131 e. The first kappa shape index (κ1) is 12.5. The number of nitrogens with one attached hydrogen (secondary N) is 1. The van der Waals surface area contributed by atoms with Crippen molar-refractivity contribution >= 4 is 11.3 Å². The molecule has 2 aliphatic carbocycles. The Labute approximate surface area is 112 Å². The third-order valence-electron chi connectivity index (χ3n) is 4.30. The maximum absolute atomic E-state index is 5.00. The minimum atomic E-state index is 0.717. The first-order valence-corrected chi connectivity index (χ1v) is 7.70. The standard InChI is InChI=1S/C13H21N3OS/c1-17-5-4-14-8-12-15-16-13(18-12)11-7-9-2-3-10(11)6-9/h9-11,14H,2-8H2,1H3. The Morgan fingerprint density at radius 3 is 3.00 bits per heavy atom. The van der Waals surface area contributed by atoms with E-state index in [0.29, 0.717) is 5.92 Å². The number of hydrogen-bond donors (Lipinski definition) is 1. The van der Waals surface area contributed by atoms with Gasteiger partial charge in [-0.05, 0) is 31.1 Å². The molecule has 3 rings (SSSR count). The SMILES string of the molecule is COCCNCc1nnc(C2CC3CCC2C3)s1. The van der Waals surface area contributed by atoms with Gasteiger partial charge in [0.15, 0.2) is 0 Å². The van der Waals surface area contributed by atoms with Gasteiger partial charge in [0.05, 0.1) is 6.61 Å². The van der Waals surface area contributed by atoms with Crippen LogP contribution in [0.15, 0.2) is 0 Å². The summed E-state index contributed by atoms with van der Waals surface area (Å²) in [5, 5.41) is 14.4. The summed E-state index contributed by atoms with van der Waals surface area (Å²) >= 11 is 1.80. The highest BCUT2D eigenvalue weighted by atomic mass is 32.1. The highest BCUT2D eigenvalue weighted by Gasteiger charge is 2.41. The molecule has 2 saturated carbocycles. The molecule has 1 N–H and O–H groups in total. The van der Waals surface area contributed by atoms with Crippen LogP contribution in [0.25, 0.3) is 0 Å². The van der Waals surface area contributed by atoms with E-state index in [1.807, 2.05) is 0 Å². The lowest BCUT2D eigenvalue weighted by atomic mass is 9.89. The molecule has 5 heteroatoms. The summed E-state index contributed by atoms with van der Waals surface area (Å²) in [5.74, 6) is 2.60. The number of hydrogen-bond acceptors (Lipinski definition) is 5. The van der Waals surface area contributed by atoms with Gasteiger partial charge in [-0.15, -0.1) is 10.2 Å². The first-order valence-electron chi connectivity index (χ1n) is 6.88. The van der Waals surface area contributed by atoms with Crippen LogP contribution in [0.3, 0.4) is 0 Å². The normalized spacial score (nSPS) is 30.2. The van der Waals surface area contributed by atoms with Gasteiger partial charge in [0, 0.05) is 26.1 Å². The van der Waals surface area contributed by atoms with E-state index in [9.17, 15) is 0 Å². The molecule has 2 aliphatic rings. The Morgan fingerprint density at radius 2 is 2.28 bits per heavy atom. The fraction of sp³-hybridized carbons (Fsp3) is 0.846. The van der Waals surface area contributed by atoms with Crippen molar-refractivity contribution in [3.05, 3.63) is 10.0 Å². The lowest BCUT2D eigenvalue weighted by Gasteiger charge is -2.18. The van der Waals surface area contributed by atoms with Gasteiger partial charge in [-0.1, -0.05) is 17.8 Å². The van der Waals surface area contributed by atoms with Gasteiger partial charge in [0.1, 0.15) is 10.0 Å². The monoisotopic (exact) mass is 267 g/mol. The zero-order valence-corrected chi connectivity index (χ0v) is 11.7. The summed E-state index contributed by atoms with van der Waals surface area (Å²) in [6.45, 7) is 2.44. The van der Waals surface area contributed by atoms with E-state index in [1.54, 1.807) is 18.4 Å². The second kappa shape index (κ2) is 5.63. The predicted molar refractivity (Wildman–Crippen MR) is 71.7 cm³/mol. The molecule has 1 aromatic heterocycles. The van der Waals surface area contributed by atoms with Gasteiger partial charge in [0.2, 0.25) is 0 Å². The summed E-state index contributed by atoms with van der Waals surface area (Å²) in [4.78, 5) is 0. The maximum atomic E-state index is 5.00. The minimum Gasteiger partial charge on any atom is -0.383 e. The molecule has 0 spiro atoms. The first-order chi connectivity index (χ1) is 8.86. The average Bonchev–Trinajstić information content (AvgIpc) is 3.09. The number of methoxy groups -OCH3 is 1. The smallest absolute Gasteiger partial charge is 0.131 e. The summed E-state index contributed by atoms with van der Waals surface area (Å²) in [6, 6.07) is 0. The van der Waals surface area contributed by atoms with Crippen LogP contribution >= 0.6 is 11.3 Å². The van der Waals surface area contributed by atoms with Crippen molar-refractivity contribution in [3.63, 3.8) is 0 Å². The van der Waals surface area contributed by atoms with Gasteiger partial charge in [0.25, 0.3) is 0 Å². The minimum absolute atomic E-state index is 0.717. The van der Waals surface area contributed by atoms with Crippen LogP contribution in [0.4, 0.5) is 0 Å². The molecule has 1 heterocycles. The third-order valence-corrected chi connectivity index (χ3v) is 5.35. The van der Waals surface area contributed by atoms with Crippen molar-refractivity contribution in [1.29, 1.82) is 0 Å². The Hall–Kier alpha value is -0.520. The van der Waals surface area contributed by atoms with Gasteiger partial charge in [-0.3, -0.25) is 0 Å². The van der Waals surface area contributed by atoms with Crippen molar-refractivity contribution in [2.24, 2.45) is 11.8 Å².